The van der Waals surface area contributed by atoms with Crippen LogP contribution in [0.4, 0.5) is 0 Å². The molecule has 0 aliphatic heterocycles. The first-order valence-electron chi connectivity index (χ1n) is 3.86. The third-order valence-electron chi connectivity index (χ3n) is 1.76. The van der Waals surface area contributed by atoms with Crippen LogP contribution < -0.4 is 4.74 Å². The normalized spacial score (nSPS) is 9.87. The summed E-state index contributed by atoms with van der Waals surface area (Å²) in [7, 11) is 2.54. The lowest BCUT2D eigenvalue weighted by atomic mass is 10.2. The van der Waals surface area contributed by atoms with Crippen LogP contribution in [-0.2, 0) is 4.74 Å². The van der Waals surface area contributed by atoms with Crippen molar-refractivity contribution in [3.05, 3.63) is 21.7 Å². The quantitative estimate of drug-likeness (QED) is 0.820. The largest absolute Gasteiger partial charge is 0.505 e. The Balaban J connectivity index is 3.40. The van der Waals surface area contributed by atoms with Crippen molar-refractivity contribution in [1.29, 1.82) is 0 Å². The van der Waals surface area contributed by atoms with Gasteiger partial charge in [0.15, 0.2) is 11.5 Å². The van der Waals surface area contributed by atoms with Crippen molar-refractivity contribution in [2.75, 3.05) is 14.2 Å². The lowest BCUT2D eigenvalue weighted by molar-refractivity contribution is 0.0597. The highest BCUT2D eigenvalue weighted by Crippen LogP contribution is 2.41. The zero-order valence-corrected chi connectivity index (χ0v) is 9.52. The fourth-order valence-electron chi connectivity index (χ4n) is 1.04. The second-order valence-electron chi connectivity index (χ2n) is 2.59. The van der Waals surface area contributed by atoms with E-state index in [2.05, 4.69) is 4.74 Å². The number of benzene rings is 1. The maximum atomic E-state index is 11.2. The summed E-state index contributed by atoms with van der Waals surface area (Å²) in [6.45, 7) is 0. The summed E-state index contributed by atoms with van der Waals surface area (Å²) in [5.74, 6) is -1.02. The molecule has 0 saturated carbocycles. The van der Waals surface area contributed by atoms with Crippen LogP contribution in [0.1, 0.15) is 10.4 Å². The third kappa shape index (κ3) is 2.11. The molecule has 0 unspecified atom stereocenters. The maximum Gasteiger partial charge on any atom is 0.341 e. The van der Waals surface area contributed by atoms with Crippen LogP contribution in [0, 0.1) is 0 Å². The van der Waals surface area contributed by atoms with E-state index in [4.69, 9.17) is 27.9 Å². The van der Waals surface area contributed by atoms with Crippen LogP contribution in [0.3, 0.4) is 0 Å². The number of esters is 1. The molecule has 0 heterocycles. The summed E-state index contributed by atoms with van der Waals surface area (Å²) in [5.41, 5.74) is -0.103. The number of methoxy groups -OCH3 is 2. The Morgan fingerprint density at radius 3 is 2.47 bits per heavy atom. The van der Waals surface area contributed by atoms with Crippen LogP contribution in [0.25, 0.3) is 0 Å². The van der Waals surface area contributed by atoms with Gasteiger partial charge in [0.25, 0.3) is 0 Å². The van der Waals surface area contributed by atoms with Crippen molar-refractivity contribution in [2.24, 2.45) is 0 Å². The fourth-order valence-corrected chi connectivity index (χ4v) is 1.65. The molecule has 0 fully saturated rings. The highest BCUT2D eigenvalue weighted by atomic mass is 35.5. The first-order valence-corrected chi connectivity index (χ1v) is 4.61. The number of phenolic OH excluding ortho intramolecular Hbond substituents is 1. The molecule has 82 valence electrons. The number of halogens is 2. The SMILES string of the molecule is COC(=O)c1cc(Cl)c(OC)c(Cl)c1O. The minimum Gasteiger partial charge on any atom is -0.505 e. The first kappa shape index (κ1) is 11.9. The molecule has 0 aromatic heterocycles. The van der Waals surface area contributed by atoms with Gasteiger partial charge in [-0.25, -0.2) is 4.79 Å². The number of ether oxygens (including phenoxy) is 2. The van der Waals surface area contributed by atoms with E-state index in [1.165, 1.54) is 20.3 Å². The Morgan fingerprint density at radius 2 is 2.00 bits per heavy atom. The highest BCUT2D eigenvalue weighted by molar-refractivity contribution is 6.38. The molecule has 0 amide bonds. The number of rotatable bonds is 2. The summed E-state index contributed by atoms with van der Waals surface area (Å²) >= 11 is 11.5. The molecule has 0 aliphatic carbocycles. The van der Waals surface area contributed by atoms with Gasteiger partial charge >= 0.3 is 5.97 Å². The van der Waals surface area contributed by atoms with E-state index in [0.29, 0.717) is 0 Å². The van der Waals surface area contributed by atoms with Gasteiger partial charge in [-0.3, -0.25) is 0 Å². The Kier molecular flexibility index (Phi) is 3.66. The van der Waals surface area contributed by atoms with Gasteiger partial charge in [-0.15, -0.1) is 0 Å². The minimum atomic E-state index is -0.723. The average Bonchev–Trinajstić information content (AvgIpc) is 2.23. The molecular weight excluding hydrogens is 243 g/mol. The highest BCUT2D eigenvalue weighted by Gasteiger charge is 2.20. The number of hydrogen-bond acceptors (Lipinski definition) is 4. The third-order valence-corrected chi connectivity index (χ3v) is 2.39. The van der Waals surface area contributed by atoms with Crippen LogP contribution in [-0.4, -0.2) is 25.3 Å². The number of aromatic hydroxyl groups is 1. The van der Waals surface area contributed by atoms with E-state index in [1.54, 1.807) is 0 Å². The van der Waals surface area contributed by atoms with Crippen molar-refractivity contribution in [2.45, 2.75) is 0 Å². The van der Waals surface area contributed by atoms with Gasteiger partial charge in [0, 0.05) is 0 Å². The summed E-state index contributed by atoms with van der Waals surface area (Å²) in [5, 5.41) is 9.57. The van der Waals surface area contributed by atoms with E-state index >= 15 is 0 Å². The van der Waals surface area contributed by atoms with E-state index < -0.39 is 11.7 Å². The van der Waals surface area contributed by atoms with Crippen molar-refractivity contribution >= 4 is 29.2 Å². The average molecular weight is 251 g/mol. The van der Waals surface area contributed by atoms with E-state index in [9.17, 15) is 9.90 Å². The standard InChI is InChI=1S/C9H8Cl2O4/c1-14-8-5(10)3-4(9(13)15-2)7(12)6(8)11/h3,12H,1-2H3. The number of phenols is 1. The topological polar surface area (TPSA) is 55.8 Å². The van der Waals surface area contributed by atoms with Crippen molar-refractivity contribution in [1.82, 2.24) is 0 Å². The fraction of sp³-hybridized carbons (Fsp3) is 0.222. The van der Waals surface area contributed by atoms with Crippen LogP contribution in [0.2, 0.25) is 10.0 Å². The minimum absolute atomic E-state index is 0.103. The monoisotopic (exact) mass is 250 g/mol. The molecule has 1 aromatic carbocycles. The smallest absolute Gasteiger partial charge is 0.341 e. The van der Waals surface area contributed by atoms with E-state index in [1.807, 2.05) is 0 Å². The molecule has 1 rings (SSSR count). The molecule has 0 radical (unpaired) electrons. The Hall–Kier alpha value is -1.13. The summed E-state index contributed by atoms with van der Waals surface area (Å²) < 4.78 is 9.29. The predicted molar refractivity (Wildman–Crippen MR) is 56.0 cm³/mol. The van der Waals surface area contributed by atoms with E-state index in [-0.39, 0.29) is 21.4 Å². The van der Waals surface area contributed by atoms with Crippen molar-refractivity contribution in [3.63, 3.8) is 0 Å². The molecule has 0 spiro atoms. The van der Waals surface area contributed by atoms with Gasteiger partial charge in [0.05, 0.1) is 19.2 Å². The first-order chi connectivity index (χ1) is 7.02. The van der Waals surface area contributed by atoms with Gasteiger partial charge in [0.2, 0.25) is 0 Å². The summed E-state index contributed by atoms with van der Waals surface area (Å²) in [4.78, 5) is 11.2. The molecule has 0 bridgehead atoms. The zero-order chi connectivity index (χ0) is 11.6. The molecule has 0 atom stereocenters. The summed E-state index contributed by atoms with van der Waals surface area (Å²) in [6, 6.07) is 1.23. The molecule has 4 nitrogen and oxygen atoms in total. The Bertz CT molecular complexity index is 404. The van der Waals surface area contributed by atoms with Gasteiger partial charge in [-0.05, 0) is 6.07 Å². The summed E-state index contributed by atoms with van der Waals surface area (Å²) in [6.07, 6.45) is 0. The van der Waals surface area contributed by atoms with Crippen LogP contribution >= 0.6 is 23.2 Å². The molecule has 6 heteroatoms. The molecule has 0 saturated heterocycles. The second kappa shape index (κ2) is 4.59. The number of carbonyl (C=O) groups is 1. The second-order valence-corrected chi connectivity index (χ2v) is 3.38. The van der Waals surface area contributed by atoms with E-state index in [0.717, 1.165) is 0 Å². The van der Waals surface area contributed by atoms with Gasteiger partial charge in [0.1, 0.15) is 10.6 Å². The predicted octanol–water partition coefficient (Wildman–Crippen LogP) is 2.49. The number of carbonyl (C=O) groups excluding carboxylic acids is 1. The lowest BCUT2D eigenvalue weighted by Crippen LogP contribution is -2.02. The molecule has 1 aromatic rings. The molecule has 1 N–H and O–H groups in total. The van der Waals surface area contributed by atoms with Crippen molar-refractivity contribution < 1.29 is 19.4 Å². The van der Waals surface area contributed by atoms with Crippen molar-refractivity contribution in [3.8, 4) is 11.5 Å². The Morgan fingerprint density at radius 1 is 1.40 bits per heavy atom. The Labute approximate surface area is 96.3 Å². The maximum absolute atomic E-state index is 11.2. The van der Waals surface area contributed by atoms with Crippen LogP contribution in [0.15, 0.2) is 6.07 Å². The van der Waals surface area contributed by atoms with Gasteiger partial charge in [-0.2, -0.15) is 0 Å². The molecular formula is C9H8Cl2O4. The number of hydrogen-bond donors (Lipinski definition) is 1. The van der Waals surface area contributed by atoms with Crippen LogP contribution in [0.5, 0.6) is 11.5 Å². The van der Waals surface area contributed by atoms with Gasteiger partial charge < -0.3 is 14.6 Å². The molecule has 0 aliphatic rings. The molecule has 15 heavy (non-hydrogen) atoms. The lowest BCUT2D eigenvalue weighted by Gasteiger charge is -2.10. The zero-order valence-electron chi connectivity index (χ0n) is 8.01. The van der Waals surface area contributed by atoms with Gasteiger partial charge in [-0.1, -0.05) is 23.2 Å².